The average molecular weight is 296 g/mol. The van der Waals surface area contributed by atoms with Gasteiger partial charge in [0.15, 0.2) is 5.75 Å². The Hall–Kier alpha value is -1.38. The maximum Gasteiger partial charge on any atom is 0.152 e. The predicted molar refractivity (Wildman–Crippen MR) is 81.4 cm³/mol. The highest BCUT2D eigenvalue weighted by Crippen LogP contribution is 2.34. The number of aryl methyl sites for hydroxylation is 1. The topological polar surface area (TPSA) is 32.3 Å². The van der Waals surface area contributed by atoms with Gasteiger partial charge in [-0.2, -0.15) is 0 Å². The van der Waals surface area contributed by atoms with Crippen molar-refractivity contribution in [3.63, 3.8) is 0 Å². The summed E-state index contributed by atoms with van der Waals surface area (Å²) in [5.41, 5.74) is 2.15. The molecule has 4 heteroatoms. The molecular formula is C15H15Cl2NO. The minimum Gasteiger partial charge on any atom is -0.505 e. The number of aromatic hydroxyl groups is 1. The van der Waals surface area contributed by atoms with Crippen molar-refractivity contribution in [1.29, 1.82) is 0 Å². The summed E-state index contributed by atoms with van der Waals surface area (Å²) in [5, 5.41) is 13.2. The second kappa shape index (κ2) is 6.69. The van der Waals surface area contributed by atoms with Crippen LogP contribution in [0.1, 0.15) is 12.0 Å². The molecule has 100 valence electrons. The van der Waals surface area contributed by atoms with E-state index in [2.05, 4.69) is 17.4 Å². The van der Waals surface area contributed by atoms with E-state index in [1.807, 2.05) is 18.2 Å². The van der Waals surface area contributed by atoms with E-state index in [-0.39, 0.29) is 15.8 Å². The molecule has 2 aromatic carbocycles. The normalized spacial score (nSPS) is 10.4. The first-order valence-corrected chi connectivity index (χ1v) is 6.88. The number of halogens is 2. The van der Waals surface area contributed by atoms with E-state index in [1.165, 1.54) is 5.56 Å². The van der Waals surface area contributed by atoms with Gasteiger partial charge in [0.25, 0.3) is 0 Å². The summed E-state index contributed by atoms with van der Waals surface area (Å²) in [6, 6.07) is 13.7. The number of hydrogen-bond donors (Lipinski definition) is 2. The van der Waals surface area contributed by atoms with Crippen molar-refractivity contribution in [2.75, 3.05) is 11.9 Å². The lowest BCUT2D eigenvalue weighted by atomic mass is 10.1. The SMILES string of the molecule is Oc1c(Cl)cc(NCCCc2ccccc2)cc1Cl. The standard InChI is InChI=1S/C15H15Cl2NO/c16-13-9-12(10-14(17)15(13)19)18-8-4-7-11-5-2-1-3-6-11/h1-3,5-6,9-10,18-19H,4,7-8H2. The van der Waals surface area contributed by atoms with E-state index in [1.54, 1.807) is 12.1 Å². The molecule has 0 aliphatic rings. The van der Waals surface area contributed by atoms with Crippen LogP contribution in [0, 0.1) is 0 Å². The maximum atomic E-state index is 9.46. The molecule has 0 amide bonds. The fourth-order valence-electron chi connectivity index (χ4n) is 1.84. The van der Waals surface area contributed by atoms with E-state index in [9.17, 15) is 5.11 Å². The lowest BCUT2D eigenvalue weighted by Gasteiger charge is -2.09. The molecule has 0 aliphatic heterocycles. The number of anilines is 1. The highest BCUT2D eigenvalue weighted by molar-refractivity contribution is 6.37. The number of phenolic OH excluding ortho intramolecular Hbond substituents is 1. The monoisotopic (exact) mass is 295 g/mol. The van der Waals surface area contributed by atoms with Crippen LogP contribution in [0.4, 0.5) is 5.69 Å². The van der Waals surface area contributed by atoms with Gasteiger partial charge in [0.2, 0.25) is 0 Å². The Balaban J connectivity index is 1.83. The smallest absolute Gasteiger partial charge is 0.152 e. The number of hydrogen-bond acceptors (Lipinski definition) is 2. The second-order valence-corrected chi connectivity index (χ2v) is 5.12. The Kier molecular flexibility index (Phi) is 4.94. The van der Waals surface area contributed by atoms with Crippen LogP contribution in [0.25, 0.3) is 0 Å². The highest BCUT2D eigenvalue weighted by Gasteiger charge is 2.06. The van der Waals surface area contributed by atoms with Crippen LogP contribution >= 0.6 is 23.2 Å². The van der Waals surface area contributed by atoms with E-state index in [0.29, 0.717) is 0 Å². The molecule has 0 heterocycles. The van der Waals surface area contributed by atoms with Crippen LogP contribution in [-0.2, 0) is 6.42 Å². The van der Waals surface area contributed by atoms with Gasteiger partial charge in [0.1, 0.15) is 0 Å². The van der Waals surface area contributed by atoms with Crippen LogP contribution in [0.3, 0.4) is 0 Å². The van der Waals surface area contributed by atoms with Crippen molar-refractivity contribution in [1.82, 2.24) is 0 Å². The molecule has 0 saturated carbocycles. The molecule has 0 fully saturated rings. The molecule has 2 N–H and O–H groups in total. The summed E-state index contributed by atoms with van der Waals surface area (Å²) in [6.45, 7) is 0.826. The van der Waals surface area contributed by atoms with Crippen molar-refractivity contribution >= 4 is 28.9 Å². The summed E-state index contributed by atoms with van der Waals surface area (Å²) in [4.78, 5) is 0. The van der Waals surface area contributed by atoms with Gasteiger partial charge in [0, 0.05) is 12.2 Å². The van der Waals surface area contributed by atoms with E-state index < -0.39 is 0 Å². The first-order valence-electron chi connectivity index (χ1n) is 6.12. The fourth-order valence-corrected chi connectivity index (χ4v) is 2.32. The quantitative estimate of drug-likeness (QED) is 0.617. The molecule has 0 atom stereocenters. The summed E-state index contributed by atoms with van der Waals surface area (Å²) < 4.78 is 0. The molecule has 0 radical (unpaired) electrons. The molecule has 0 unspecified atom stereocenters. The average Bonchev–Trinajstić information content (AvgIpc) is 2.42. The zero-order valence-corrected chi connectivity index (χ0v) is 11.9. The van der Waals surface area contributed by atoms with Crippen LogP contribution in [0.15, 0.2) is 42.5 Å². The Morgan fingerprint density at radius 3 is 2.26 bits per heavy atom. The third-order valence-corrected chi connectivity index (χ3v) is 3.41. The molecule has 0 spiro atoms. The lowest BCUT2D eigenvalue weighted by molar-refractivity contribution is 0.476. The van der Waals surface area contributed by atoms with Crippen LogP contribution in [0.5, 0.6) is 5.75 Å². The minimum atomic E-state index is -0.0711. The molecule has 0 bridgehead atoms. The first kappa shape index (κ1) is 14.0. The van der Waals surface area contributed by atoms with Crippen molar-refractivity contribution < 1.29 is 5.11 Å². The summed E-state index contributed by atoms with van der Waals surface area (Å²) in [7, 11) is 0. The zero-order valence-electron chi connectivity index (χ0n) is 10.4. The summed E-state index contributed by atoms with van der Waals surface area (Å²) >= 11 is 11.7. The first-order chi connectivity index (χ1) is 9.16. The number of nitrogens with one attached hydrogen (secondary N) is 1. The number of rotatable bonds is 5. The van der Waals surface area contributed by atoms with Gasteiger partial charge in [-0.1, -0.05) is 53.5 Å². The third kappa shape index (κ3) is 4.05. The Morgan fingerprint density at radius 1 is 1.00 bits per heavy atom. The van der Waals surface area contributed by atoms with Crippen LogP contribution < -0.4 is 5.32 Å². The van der Waals surface area contributed by atoms with Gasteiger partial charge in [0.05, 0.1) is 10.0 Å². The molecule has 0 saturated heterocycles. The lowest BCUT2D eigenvalue weighted by Crippen LogP contribution is -2.03. The molecule has 2 nitrogen and oxygen atoms in total. The maximum absolute atomic E-state index is 9.46. The van der Waals surface area contributed by atoms with Gasteiger partial charge < -0.3 is 10.4 Å². The largest absolute Gasteiger partial charge is 0.505 e. The van der Waals surface area contributed by atoms with Crippen molar-refractivity contribution in [2.24, 2.45) is 0 Å². The van der Waals surface area contributed by atoms with E-state index in [0.717, 1.165) is 25.1 Å². The van der Waals surface area contributed by atoms with Crippen molar-refractivity contribution in [3.8, 4) is 5.75 Å². The Morgan fingerprint density at radius 2 is 1.63 bits per heavy atom. The second-order valence-electron chi connectivity index (χ2n) is 4.30. The van der Waals surface area contributed by atoms with E-state index in [4.69, 9.17) is 23.2 Å². The number of phenols is 1. The zero-order chi connectivity index (χ0) is 13.7. The third-order valence-electron chi connectivity index (χ3n) is 2.83. The van der Waals surface area contributed by atoms with Crippen LogP contribution in [0.2, 0.25) is 10.0 Å². The molecule has 0 aliphatic carbocycles. The van der Waals surface area contributed by atoms with Crippen LogP contribution in [-0.4, -0.2) is 11.7 Å². The van der Waals surface area contributed by atoms with Gasteiger partial charge >= 0.3 is 0 Å². The van der Waals surface area contributed by atoms with Gasteiger partial charge in [-0.3, -0.25) is 0 Å². The van der Waals surface area contributed by atoms with Crippen molar-refractivity contribution in [2.45, 2.75) is 12.8 Å². The van der Waals surface area contributed by atoms with Crippen molar-refractivity contribution in [3.05, 3.63) is 58.1 Å². The molecule has 2 aromatic rings. The minimum absolute atomic E-state index is 0.0711. The molecule has 0 aromatic heterocycles. The predicted octanol–water partition coefficient (Wildman–Crippen LogP) is 4.74. The Labute approximate surface area is 123 Å². The summed E-state index contributed by atoms with van der Waals surface area (Å²) in [5.74, 6) is -0.0711. The number of benzene rings is 2. The fraction of sp³-hybridized carbons (Fsp3) is 0.200. The van der Waals surface area contributed by atoms with Gasteiger partial charge in [-0.05, 0) is 30.5 Å². The van der Waals surface area contributed by atoms with Gasteiger partial charge in [-0.15, -0.1) is 0 Å². The summed E-state index contributed by atoms with van der Waals surface area (Å²) in [6.07, 6.45) is 2.04. The molecular weight excluding hydrogens is 281 g/mol. The molecule has 2 rings (SSSR count). The molecule has 19 heavy (non-hydrogen) atoms. The van der Waals surface area contributed by atoms with Gasteiger partial charge in [-0.25, -0.2) is 0 Å². The highest BCUT2D eigenvalue weighted by atomic mass is 35.5. The Bertz CT molecular complexity index is 520. The van der Waals surface area contributed by atoms with E-state index >= 15 is 0 Å².